The lowest BCUT2D eigenvalue weighted by Crippen LogP contribution is -2.57. The van der Waals surface area contributed by atoms with E-state index in [4.69, 9.17) is 4.74 Å². The summed E-state index contributed by atoms with van der Waals surface area (Å²) in [5.41, 5.74) is -4.60. The van der Waals surface area contributed by atoms with Crippen LogP contribution < -0.4 is 5.32 Å². The normalized spacial score (nSPS) is 26.9. The van der Waals surface area contributed by atoms with Crippen molar-refractivity contribution in [3.63, 3.8) is 0 Å². The van der Waals surface area contributed by atoms with Crippen LogP contribution in [0, 0.1) is 5.41 Å². The zero-order chi connectivity index (χ0) is 22.3. The van der Waals surface area contributed by atoms with E-state index in [9.17, 15) is 36.2 Å². The van der Waals surface area contributed by atoms with Crippen molar-refractivity contribution in [3.8, 4) is 0 Å². The molecule has 3 atom stereocenters. The summed E-state index contributed by atoms with van der Waals surface area (Å²) in [6.45, 7) is 4.93. The minimum atomic E-state index is -4.92. The van der Waals surface area contributed by atoms with Crippen molar-refractivity contribution in [3.05, 3.63) is 34.9 Å². The smallest absolute Gasteiger partial charge is 0.416 e. The molecule has 0 aliphatic carbocycles. The maximum atomic E-state index is 13.0. The maximum Gasteiger partial charge on any atom is 0.416 e. The van der Waals surface area contributed by atoms with E-state index in [1.165, 1.54) is 6.92 Å². The van der Waals surface area contributed by atoms with Crippen molar-refractivity contribution >= 4 is 5.97 Å². The Hall–Kier alpha value is -1.81. The van der Waals surface area contributed by atoms with Crippen LogP contribution in [0.2, 0.25) is 0 Å². The molecule has 0 amide bonds. The van der Waals surface area contributed by atoms with Crippen LogP contribution in [-0.2, 0) is 21.9 Å². The van der Waals surface area contributed by atoms with Gasteiger partial charge in [-0.2, -0.15) is 26.3 Å². The molecule has 4 nitrogen and oxygen atoms in total. The Balaban J connectivity index is 2.15. The van der Waals surface area contributed by atoms with Gasteiger partial charge in [-0.3, -0.25) is 4.79 Å². The van der Waals surface area contributed by atoms with E-state index in [2.05, 4.69) is 5.32 Å². The molecule has 1 saturated heterocycles. The number of carbonyl (C=O) groups is 1. The van der Waals surface area contributed by atoms with Crippen LogP contribution in [0.15, 0.2) is 18.2 Å². The first kappa shape index (κ1) is 23.5. The molecule has 164 valence electrons. The number of carboxylic acid groups (broad SMARTS) is 1. The van der Waals surface area contributed by atoms with Crippen LogP contribution in [0.1, 0.15) is 56.4 Å². The molecule has 0 spiro atoms. The topological polar surface area (TPSA) is 58.6 Å². The largest absolute Gasteiger partial charge is 0.481 e. The zero-order valence-corrected chi connectivity index (χ0v) is 16.2. The van der Waals surface area contributed by atoms with Gasteiger partial charge in [-0.05, 0) is 57.4 Å². The molecule has 1 aromatic carbocycles. The Morgan fingerprint density at radius 3 is 2.00 bits per heavy atom. The Morgan fingerprint density at radius 2 is 1.62 bits per heavy atom. The number of piperidine rings is 1. The number of halogens is 6. The number of carboxylic acids is 1. The maximum absolute atomic E-state index is 13.0. The van der Waals surface area contributed by atoms with Gasteiger partial charge in [-0.25, -0.2) is 0 Å². The summed E-state index contributed by atoms with van der Waals surface area (Å²) in [7, 11) is 0. The van der Waals surface area contributed by atoms with E-state index in [1.807, 2.05) is 0 Å². The molecule has 1 aliphatic rings. The van der Waals surface area contributed by atoms with E-state index in [1.54, 1.807) is 13.8 Å². The lowest BCUT2D eigenvalue weighted by Gasteiger charge is -2.42. The van der Waals surface area contributed by atoms with Crippen molar-refractivity contribution in [1.82, 2.24) is 5.32 Å². The number of aliphatic carboxylic acids is 1. The van der Waals surface area contributed by atoms with Crippen molar-refractivity contribution in [2.45, 2.75) is 57.6 Å². The van der Waals surface area contributed by atoms with Gasteiger partial charge in [0.25, 0.3) is 0 Å². The fourth-order valence-corrected chi connectivity index (χ4v) is 3.06. The van der Waals surface area contributed by atoms with Crippen molar-refractivity contribution in [1.29, 1.82) is 0 Å². The number of rotatable bonds is 5. The van der Waals surface area contributed by atoms with Gasteiger partial charge >= 0.3 is 18.3 Å². The molecule has 0 radical (unpaired) electrons. The van der Waals surface area contributed by atoms with Gasteiger partial charge in [-0.15, -0.1) is 0 Å². The van der Waals surface area contributed by atoms with Crippen LogP contribution in [-0.4, -0.2) is 29.8 Å². The van der Waals surface area contributed by atoms with Gasteiger partial charge in [0.2, 0.25) is 0 Å². The number of alkyl halides is 6. The van der Waals surface area contributed by atoms with Crippen LogP contribution in [0.25, 0.3) is 0 Å². The third-order valence-electron chi connectivity index (χ3n) is 5.38. The summed E-state index contributed by atoms with van der Waals surface area (Å²) in [5.74, 6) is -0.940. The Labute approximate surface area is 164 Å². The van der Waals surface area contributed by atoms with Crippen LogP contribution >= 0.6 is 0 Å². The quantitative estimate of drug-likeness (QED) is 0.647. The second-order valence-electron chi connectivity index (χ2n) is 8.07. The molecule has 0 saturated carbocycles. The summed E-state index contributed by atoms with van der Waals surface area (Å²) < 4.78 is 83.6. The molecule has 3 unspecified atom stereocenters. The number of benzene rings is 1. The third-order valence-corrected chi connectivity index (χ3v) is 5.38. The fraction of sp³-hybridized carbons (Fsp3) is 0.632. The first-order valence-electron chi connectivity index (χ1n) is 8.95. The predicted molar refractivity (Wildman–Crippen MR) is 92.2 cm³/mol. The summed E-state index contributed by atoms with van der Waals surface area (Å²) in [5, 5.41) is 12.3. The molecule has 0 bridgehead atoms. The second kappa shape index (κ2) is 7.79. The first-order chi connectivity index (χ1) is 13.1. The molecule has 1 aliphatic heterocycles. The standard InChI is InChI=1S/C19H23F6NO3/c1-11(29-10-17(3)5-4-16(2,9-26-17)15(27)28)12-6-13(18(20,21)22)8-14(7-12)19(23,24)25/h6-8,11,26H,4-5,9-10H2,1-3H3,(H,27,28). The lowest BCUT2D eigenvalue weighted by molar-refractivity contribution is -0.150. The molecule has 2 N–H and O–H groups in total. The van der Waals surface area contributed by atoms with Crippen molar-refractivity contribution < 1.29 is 41.0 Å². The Kier molecular flexibility index (Phi) is 6.30. The van der Waals surface area contributed by atoms with Crippen molar-refractivity contribution in [2.24, 2.45) is 5.41 Å². The summed E-state index contributed by atoms with van der Waals surface area (Å²) in [6, 6.07) is 1.38. The van der Waals surface area contributed by atoms with Gasteiger partial charge < -0.3 is 15.2 Å². The lowest BCUT2D eigenvalue weighted by atomic mass is 9.76. The first-order valence-corrected chi connectivity index (χ1v) is 8.95. The van der Waals surface area contributed by atoms with E-state index < -0.39 is 46.5 Å². The second-order valence-corrected chi connectivity index (χ2v) is 8.07. The minimum Gasteiger partial charge on any atom is -0.481 e. The number of nitrogens with one attached hydrogen (secondary N) is 1. The molecule has 0 aromatic heterocycles. The average molecular weight is 427 g/mol. The van der Waals surface area contributed by atoms with Crippen molar-refractivity contribution in [2.75, 3.05) is 13.2 Å². The number of hydrogen-bond donors (Lipinski definition) is 2. The van der Waals surface area contributed by atoms with Gasteiger partial charge in [0, 0.05) is 12.1 Å². The summed E-state index contributed by atoms with van der Waals surface area (Å²) in [6.07, 6.45) is -10.1. The highest BCUT2D eigenvalue weighted by Crippen LogP contribution is 2.38. The van der Waals surface area contributed by atoms with Crippen LogP contribution in [0.5, 0.6) is 0 Å². The molecular formula is C19H23F6NO3. The van der Waals surface area contributed by atoms with Crippen LogP contribution in [0.4, 0.5) is 26.3 Å². The van der Waals surface area contributed by atoms with E-state index in [-0.39, 0.29) is 24.8 Å². The Bertz CT molecular complexity index is 719. The van der Waals surface area contributed by atoms with E-state index >= 15 is 0 Å². The monoisotopic (exact) mass is 427 g/mol. The highest BCUT2D eigenvalue weighted by molar-refractivity contribution is 5.74. The number of ether oxygens (including phenoxy) is 1. The summed E-state index contributed by atoms with van der Waals surface area (Å²) in [4.78, 5) is 11.3. The van der Waals surface area contributed by atoms with Crippen LogP contribution in [0.3, 0.4) is 0 Å². The molecule has 2 rings (SSSR count). The molecule has 1 aromatic rings. The van der Waals surface area contributed by atoms with Gasteiger partial charge in [0.15, 0.2) is 0 Å². The van der Waals surface area contributed by atoms with Gasteiger partial charge in [0.1, 0.15) is 0 Å². The number of hydrogen-bond acceptors (Lipinski definition) is 3. The molecular weight excluding hydrogens is 404 g/mol. The molecule has 10 heteroatoms. The van der Waals surface area contributed by atoms with E-state index in [0.717, 1.165) is 0 Å². The molecule has 29 heavy (non-hydrogen) atoms. The molecule has 1 heterocycles. The minimum absolute atomic E-state index is 0.00145. The Morgan fingerprint density at radius 1 is 1.10 bits per heavy atom. The van der Waals surface area contributed by atoms with Gasteiger partial charge in [-0.1, -0.05) is 0 Å². The average Bonchev–Trinajstić information content (AvgIpc) is 2.60. The highest BCUT2D eigenvalue weighted by atomic mass is 19.4. The van der Waals surface area contributed by atoms with E-state index in [0.29, 0.717) is 25.0 Å². The highest BCUT2D eigenvalue weighted by Gasteiger charge is 2.42. The SMILES string of the molecule is CC(OCC1(C)CCC(C)(C(=O)O)CN1)c1cc(C(F)(F)F)cc(C(F)(F)F)c1. The van der Waals surface area contributed by atoms with Gasteiger partial charge in [0.05, 0.1) is 29.3 Å². The molecule has 1 fully saturated rings. The predicted octanol–water partition coefficient (Wildman–Crippen LogP) is 5.03. The third kappa shape index (κ3) is 5.63. The zero-order valence-electron chi connectivity index (χ0n) is 16.2. The fourth-order valence-electron chi connectivity index (χ4n) is 3.06. The summed E-state index contributed by atoms with van der Waals surface area (Å²) >= 11 is 0.